The third-order valence-corrected chi connectivity index (χ3v) is 9.21. The van der Waals surface area contributed by atoms with E-state index in [0.717, 1.165) is 0 Å². The van der Waals surface area contributed by atoms with E-state index >= 15 is 0 Å². The minimum atomic E-state index is -1.48. The number of ether oxygens (including phenoxy) is 6. The molecule has 8 N–H and O–H groups in total. The predicted molar refractivity (Wildman–Crippen MR) is 152 cm³/mol. The van der Waals surface area contributed by atoms with Crippen LogP contribution in [0.3, 0.4) is 0 Å². The average molecular weight is 637 g/mol. The fourth-order valence-electron chi connectivity index (χ4n) is 6.81. The average Bonchev–Trinajstić information content (AvgIpc) is 3.48. The summed E-state index contributed by atoms with van der Waals surface area (Å²) < 4.78 is 36.0. The van der Waals surface area contributed by atoms with E-state index in [-0.39, 0.29) is 19.3 Å². The lowest BCUT2D eigenvalue weighted by atomic mass is 9.83. The maximum absolute atomic E-state index is 11.2. The second kappa shape index (κ2) is 14.1. The van der Waals surface area contributed by atoms with Gasteiger partial charge in [0.1, 0.15) is 48.8 Å². The fraction of sp³-hybridized carbons (Fsp3) is 0.933. The van der Waals surface area contributed by atoms with Crippen LogP contribution >= 0.6 is 0 Å². The Labute approximate surface area is 258 Å². The first-order valence-corrected chi connectivity index (χ1v) is 15.5. The number of rotatable bonds is 13. The van der Waals surface area contributed by atoms with Gasteiger partial charge in [-0.15, -0.1) is 0 Å². The van der Waals surface area contributed by atoms with Gasteiger partial charge in [-0.3, -0.25) is 0 Å². The number of aliphatic hydroxyl groups excluding tert-OH is 8. The Hall–Kier alpha value is -0.820. The Balaban J connectivity index is 1.37. The molecular weight excluding hydrogens is 584 g/mol. The van der Waals surface area contributed by atoms with Crippen LogP contribution in [0.25, 0.3) is 0 Å². The van der Waals surface area contributed by atoms with E-state index in [9.17, 15) is 40.9 Å². The molecule has 14 nitrogen and oxygen atoms in total. The third-order valence-electron chi connectivity index (χ3n) is 9.21. The Kier molecular flexibility index (Phi) is 11.6. The van der Waals surface area contributed by atoms with Gasteiger partial charge in [0.25, 0.3) is 0 Å². The van der Waals surface area contributed by atoms with Crippen LogP contribution in [0.2, 0.25) is 0 Å². The largest absolute Gasteiger partial charge is 0.394 e. The predicted octanol–water partition coefficient (Wildman–Crippen LogP) is -1.54. The second-order valence-electron chi connectivity index (χ2n) is 13.6. The number of aliphatic hydroxyl groups is 8. The zero-order chi connectivity index (χ0) is 32.7. The topological polar surface area (TPSA) is 217 Å². The molecular formula is C30H52O14. The Morgan fingerprint density at radius 1 is 0.727 bits per heavy atom. The lowest BCUT2D eigenvalue weighted by Gasteiger charge is -2.43. The van der Waals surface area contributed by atoms with E-state index < -0.39 is 116 Å². The molecule has 0 spiro atoms. The maximum atomic E-state index is 11.2. The first-order chi connectivity index (χ1) is 20.5. The summed E-state index contributed by atoms with van der Waals surface area (Å²) in [6.07, 6.45) is -12.8. The van der Waals surface area contributed by atoms with Gasteiger partial charge in [-0.25, -0.2) is 0 Å². The van der Waals surface area contributed by atoms with Crippen molar-refractivity contribution < 1.29 is 69.3 Å². The van der Waals surface area contributed by atoms with E-state index in [1.807, 2.05) is 0 Å². The van der Waals surface area contributed by atoms with Gasteiger partial charge in [0, 0.05) is 18.8 Å². The maximum Gasteiger partial charge on any atom is 0.163 e. The van der Waals surface area contributed by atoms with Crippen LogP contribution in [0.15, 0.2) is 12.2 Å². The molecule has 44 heavy (non-hydrogen) atoms. The molecule has 0 saturated carbocycles. The van der Waals surface area contributed by atoms with Gasteiger partial charge >= 0.3 is 0 Å². The van der Waals surface area contributed by atoms with Crippen molar-refractivity contribution in [2.24, 2.45) is 5.92 Å². The molecule has 14 heteroatoms. The molecule has 4 aliphatic heterocycles. The molecule has 4 heterocycles. The van der Waals surface area contributed by atoms with E-state index in [2.05, 4.69) is 6.58 Å². The quantitative estimate of drug-likeness (QED) is 0.108. The molecule has 0 unspecified atom stereocenters. The molecule has 0 aromatic carbocycles. The van der Waals surface area contributed by atoms with E-state index in [0.29, 0.717) is 12.0 Å². The minimum Gasteiger partial charge on any atom is -0.394 e. The van der Waals surface area contributed by atoms with Gasteiger partial charge in [-0.1, -0.05) is 13.5 Å². The summed E-state index contributed by atoms with van der Waals surface area (Å²) in [6, 6.07) is 0. The van der Waals surface area contributed by atoms with E-state index in [1.165, 1.54) is 0 Å². The van der Waals surface area contributed by atoms with Gasteiger partial charge in [-0.2, -0.15) is 0 Å². The molecule has 4 saturated heterocycles. The smallest absolute Gasteiger partial charge is 0.163 e. The van der Waals surface area contributed by atoms with Crippen molar-refractivity contribution in [2.75, 3.05) is 13.2 Å². The Morgan fingerprint density at radius 3 is 1.61 bits per heavy atom. The lowest BCUT2D eigenvalue weighted by molar-refractivity contribution is -0.215. The van der Waals surface area contributed by atoms with Crippen LogP contribution in [0, 0.1) is 5.92 Å². The molecule has 0 radical (unpaired) electrons. The van der Waals surface area contributed by atoms with Crippen molar-refractivity contribution in [2.45, 2.75) is 157 Å². The highest BCUT2D eigenvalue weighted by atomic mass is 16.8. The van der Waals surface area contributed by atoms with Crippen LogP contribution in [0.5, 0.6) is 0 Å². The van der Waals surface area contributed by atoms with Gasteiger partial charge in [0.05, 0.1) is 49.8 Å². The third kappa shape index (κ3) is 7.82. The molecule has 15 atom stereocenters. The summed E-state index contributed by atoms with van der Waals surface area (Å²) in [7, 11) is 0. The summed E-state index contributed by atoms with van der Waals surface area (Å²) in [5.74, 6) is -2.44. The van der Waals surface area contributed by atoms with Gasteiger partial charge in [0.2, 0.25) is 0 Å². The SMILES string of the molecule is C=C(CC[C@@H](O)[C@H]1C[C@H]2OC(C)(C)O[C@H]2[C@H]([C@@H](O)[C@H](O)CO)O1)[C@@H](O)[C@@H](C)[C@H]1C[C@H]2OC(C)(C)O[C@H]2[C@H]([C@@H](O)[C@H](O)CO)O1. The Morgan fingerprint density at radius 2 is 1.16 bits per heavy atom. The monoisotopic (exact) mass is 636 g/mol. The second-order valence-corrected chi connectivity index (χ2v) is 13.6. The molecule has 4 aliphatic rings. The van der Waals surface area contributed by atoms with Crippen LogP contribution in [-0.2, 0) is 28.4 Å². The Bertz CT molecular complexity index is 962. The molecule has 0 aliphatic carbocycles. The fourth-order valence-corrected chi connectivity index (χ4v) is 6.81. The van der Waals surface area contributed by atoms with Gasteiger partial charge in [-0.05, 0) is 46.1 Å². The first-order valence-electron chi connectivity index (χ1n) is 15.5. The molecule has 4 fully saturated rings. The molecule has 0 bridgehead atoms. The zero-order valence-corrected chi connectivity index (χ0v) is 26.1. The van der Waals surface area contributed by atoms with Crippen molar-refractivity contribution in [1.29, 1.82) is 0 Å². The molecule has 0 amide bonds. The van der Waals surface area contributed by atoms with Gasteiger partial charge < -0.3 is 69.3 Å². The van der Waals surface area contributed by atoms with Crippen LogP contribution < -0.4 is 0 Å². The first kappa shape index (κ1) is 36.0. The van der Waals surface area contributed by atoms with Crippen molar-refractivity contribution in [3.8, 4) is 0 Å². The summed E-state index contributed by atoms with van der Waals surface area (Å²) >= 11 is 0. The van der Waals surface area contributed by atoms with Crippen LogP contribution in [0.4, 0.5) is 0 Å². The standard InChI is InChI=1S/C30H52O14/c1-13(7-8-15(33)19-10-21-26(44-30(5,6)42-21)28(40-19)24(38)17(35)12-32)22(36)14(2)18-9-20-25(43-29(3,4)41-20)27(39-18)23(37)16(34)11-31/h14-28,31-38H,1,7-12H2,2-6H3/t14-,15+,16+,17+,18+,19+,20+,21+,22+,23-,24-,25+,26+,27-,28-/m0/s1. The number of hydrogen-bond donors (Lipinski definition) is 8. The van der Waals surface area contributed by atoms with E-state index in [4.69, 9.17) is 28.4 Å². The van der Waals surface area contributed by atoms with Crippen molar-refractivity contribution >= 4 is 0 Å². The highest BCUT2D eigenvalue weighted by Crippen LogP contribution is 2.42. The van der Waals surface area contributed by atoms with Gasteiger partial charge in [0.15, 0.2) is 11.6 Å². The number of hydrogen-bond acceptors (Lipinski definition) is 14. The normalized spacial score (nSPS) is 39.4. The minimum absolute atomic E-state index is 0.158. The van der Waals surface area contributed by atoms with Crippen LogP contribution in [-0.4, -0.2) is 151 Å². The highest BCUT2D eigenvalue weighted by Gasteiger charge is 2.55. The highest BCUT2D eigenvalue weighted by molar-refractivity contribution is 5.08. The molecule has 0 aromatic heterocycles. The molecule has 4 rings (SSSR count). The molecule has 0 aromatic rings. The summed E-state index contributed by atoms with van der Waals surface area (Å²) in [4.78, 5) is 0. The van der Waals surface area contributed by atoms with Crippen LogP contribution in [0.1, 0.15) is 60.3 Å². The van der Waals surface area contributed by atoms with E-state index in [1.54, 1.807) is 34.6 Å². The van der Waals surface area contributed by atoms with Crippen molar-refractivity contribution in [1.82, 2.24) is 0 Å². The molecule has 256 valence electrons. The summed E-state index contributed by atoms with van der Waals surface area (Å²) in [5, 5.41) is 82.6. The number of fused-ring (bicyclic) bond motifs is 2. The lowest BCUT2D eigenvalue weighted by Crippen LogP contribution is -2.57. The zero-order valence-electron chi connectivity index (χ0n) is 26.1. The summed E-state index contributed by atoms with van der Waals surface area (Å²) in [5.41, 5.74) is 0.432. The van der Waals surface area contributed by atoms with Crippen molar-refractivity contribution in [3.63, 3.8) is 0 Å². The summed E-state index contributed by atoms with van der Waals surface area (Å²) in [6.45, 7) is 11.4. The van der Waals surface area contributed by atoms with Crippen molar-refractivity contribution in [3.05, 3.63) is 12.2 Å².